The summed E-state index contributed by atoms with van der Waals surface area (Å²) in [4.78, 5) is 12.1. The Bertz CT molecular complexity index is 596. The molecule has 2 N–H and O–H groups in total. The smallest absolute Gasteiger partial charge is 0.333 e. The summed E-state index contributed by atoms with van der Waals surface area (Å²) in [6.45, 7) is 2.06. The number of aromatic hydroxyl groups is 1. The lowest BCUT2D eigenvalue weighted by Crippen LogP contribution is -2.23. The number of anilines is 1. The van der Waals surface area contributed by atoms with Crippen LogP contribution in [0.1, 0.15) is 18.5 Å². The average Bonchev–Trinajstić information content (AvgIpc) is 2.48. The average molecular weight is 306 g/mol. The molecule has 0 saturated carbocycles. The lowest BCUT2D eigenvalue weighted by molar-refractivity contribution is -0.144. The van der Waals surface area contributed by atoms with E-state index >= 15 is 0 Å². The highest BCUT2D eigenvalue weighted by Crippen LogP contribution is 2.24. The number of phenolic OH excluding ortho intramolecular Hbond substituents is 1. The van der Waals surface area contributed by atoms with Crippen LogP contribution in [0.25, 0.3) is 0 Å². The molecule has 2 aromatic rings. The second-order valence-corrected chi connectivity index (χ2v) is 4.86. The minimum atomic E-state index is -0.647. The third-order valence-electron chi connectivity index (χ3n) is 2.90. The van der Waals surface area contributed by atoms with Gasteiger partial charge in [-0.05, 0) is 48.9 Å². The molecule has 5 heteroatoms. The number of rotatable bonds is 5. The zero-order valence-corrected chi connectivity index (χ0v) is 12.3. The fourth-order valence-corrected chi connectivity index (χ4v) is 2.01. The molecule has 1 atom stereocenters. The molecule has 21 heavy (non-hydrogen) atoms. The van der Waals surface area contributed by atoms with Gasteiger partial charge in [-0.2, -0.15) is 0 Å². The zero-order valence-electron chi connectivity index (χ0n) is 11.5. The van der Waals surface area contributed by atoms with E-state index in [4.69, 9.17) is 16.3 Å². The molecule has 110 valence electrons. The quantitative estimate of drug-likeness (QED) is 0.826. The Kier molecular flexibility index (Phi) is 5.06. The summed E-state index contributed by atoms with van der Waals surface area (Å²) in [6, 6.07) is 12.8. The second-order valence-electron chi connectivity index (χ2n) is 4.43. The van der Waals surface area contributed by atoms with Crippen molar-refractivity contribution in [1.82, 2.24) is 0 Å². The van der Waals surface area contributed by atoms with Gasteiger partial charge in [0.25, 0.3) is 0 Å². The SMILES string of the molecule is CCOC(=O)C(Nc1ccc(Cl)cc1)c1ccc(O)cc1. The van der Waals surface area contributed by atoms with Gasteiger partial charge in [0.05, 0.1) is 6.61 Å². The van der Waals surface area contributed by atoms with Gasteiger partial charge >= 0.3 is 5.97 Å². The lowest BCUT2D eigenvalue weighted by atomic mass is 10.1. The maximum Gasteiger partial charge on any atom is 0.333 e. The first kappa shape index (κ1) is 15.2. The maximum atomic E-state index is 12.1. The summed E-state index contributed by atoms with van der Waals surface area (Å²) in [7, 11) is 0. The van der Waals surface area contributed by atoms with E-state index in [1.165, 1.54) is 12.1 Å². The highest BCUT2D eigenvalue weighted by molar-refractivity contribution is 6.30. The summed E-state index contributed by atoms with van der Waals surface area (Å²) < 4.78 is 5.09. The van der Waals surface area contributed by atoms with Crippen molar-refractivity contribution < 1.29 is 14.6 Å². The number of hydrogen-bond donors (Lipinski definition) is 2. The summed E-state index contributed by atoms with van der Waals surface area (Å²) in [5, 5.41) is 13.1. The summed E-state index contributed by atoms with van der Waals surface area (Å²) in [5.74, 6) is -0.231. The number of nitrogens with one attached hydrogen (secondary N) is 1. The highest BCUT2D eigenvalue weighted by Gasteiger charge is 2.21. The van der Waals surface area contributed by atoms with Crippen molar-refractivity contribution in [2.45, 2.75) is 13.0 Å². The van der Waals surface area contributed by atoms with Gasteiger partial charge in [-0.25, -0.2) is 4.79 Å². The van der Waals surface area contributed by atoms with Crippen LogP contribution in [0, 0.1) is 0 Å². The normalized spacial score (nSPS) is 11.7. The van der Waals surface area contributed by atoms with Crippen molar-refractivity contribution in [3.8, 4) is 5.75 Å². The molecule has 0 aromatic heterocycles. The van der Waals surface area contributed by atoms with Crippen LogP contribution in [0.5, 0.6) is 5.75 Å². The molecule has 0 aliphatic carbocycles. The topological polar surface area (TPSA) is 58.6 Å². The van der Waals surface area contributed by atoms with Gasteiger partial charge in [0.1, 0.15) is 5.75 Å². The largest absolute Gasteiger partial charge is 0.508 e. The summed E-state index contributed by atoms with van der Waals surface area (Å²) >= 11 is 5.85. The van der Waals surface area contributed by atoms with Crippen molar-refractivity contribution in [2.75, 3.05) is 11.9 Å². The fraction of sp³-hybridized carbons (Fsp3) is 0.188. The van der Waals surface area contributed by atoms with Crippen LogP contribution in [0.4, 0.5) is 5.69 Å². The minimum absolute atomic E-state index is 0.146. The van der Waals surface area contributed by atoms with Crippen LogP contribution in [0.2, 0.25) is 5.02 Å². The van der Waals surface area contributed by atoms with Crippen molar-refractivity contribution >= 4 is 23.3 Å². The van der Waals surface area contributed by atoms with E-state index in [0.717, 1.165) is 5.69 Å². The molecule has 2 aromatic carbocycles. The molecule has 0 aliphatic heterocycles. The number of benzene rings is 2. The van der Waals surface area contributed by atoms with Gasteiger partial charge in [0.15, 0.2) is 6.04 Å². The maximum absolute atomic E-state index is 12.1. The molecule has 4 nitrogen and oxygen atoms in total. The minimum Gasteiger partial charge on any atom is -0.508 e. The van der Waals surface area contributed by atoms with Crippen molar-refractivity contribution in [3.05, 3.63) is 59.1 Å². The van der Waals surface area contributed by atoms with Crippen LogP contribution in [0.15, 0.2) is 48.5 Å². The number of ether oxygens (including phenoxy) is 1. The first-order chi connectivity index (χ1) is 10.1. The van der Waals surface area contributed by atoms with Gasteiger partial charge in [0, 0.05) is 10.7 Å². The number of esters is 1. The molecule has 0 bridgehead atoms. The molecule has 0 spiro atoms. The predicted octanol–water partition coefficient (Wildman–Crippen LogP) is 3.76. The monoisotopic (exact) mass is 305 g/mol. The molecule has 0 heterocycles. The summed E-state index contributed by atoms with van der Waals surface area (Å²) in [6.07, 6.45) is 0. The number of halogens is 1. The van der Waals surface area contributed by atoms with E-state index < -0.39 is 6.04 Å². The Balaban J connectivity index is 2.25. The lowest BCUT2D eigenvalue weighted by Gasteiger charge is -2.19. The van der Waals surface area contributed by atoms with Gasteiger partial charge in [-0.1, -0.05) is 23.7 Å². The number of hydrogen-bond acceptors (Lipinski definition) is 4. The molecule has 0 radical (unpaired) electrons. The molecule has 0 fully saturated rings. The molecular weight excluding hydrogens is 290 g/mol. The Morgan fingerprint density at radius 2 is 1.81 bits per heavy atom. The van der Waals surface area contributed by atoms with Gasteiger partial charge < -0.3 is 15.2 Å². The van der Waals surface area contributed by atoms with E-state index in [1.54, 1.807) is 43.3 Å². The third-order valence-corrected chi connectivity index (χ3v) is 3.16. The Hall–Kier alpha value is -2.20. The van der Waals surface area contributed by atoms with Gasteiger partial charge in [-0.15, -0.1) is 0 Å². The van der Waals surface area contributed by atoms with Gasteiger partial charge in [-0.3, -0.25) is 0 Å². The standard InChI is InChI=1S/C16H16ClNO3/c1-2-21-16(20)15(11-3-9-14(19)10-4-11)18-13-7-5-12(17)6-8-13/h3-10,15,18-19H,2H2,1H3. The van der Waals surface area contributed by atoms with E-state index in [1.807, 2.05) is 0 Å². The first-order valence-electron chi connectivity index (χ1n) is 6.58. The number of phenols is 1. The molecule has 0 amide bonds. The van der Waals surface area contributed by atoms with Crippen LogP contribution in [-0.2, 0) is 9.53 Å². The summed E-state index contributed by atoms with van der Waals surface area (Å²) in [5.41, 5.74) is 1.46. The van der Waals surface area contributed by atoms with E-state index in [9.17, 15) is 9.90 Å². The Labute approximate surface area is 128 Å². The van der Waals surface area contributed by atoms with Crippen molar-refractivity contribution in [2.24, 2.45) is 0 Å². The van der Waals surface area contributed by atoms with Gasteiger partial charge in [0.2, 0.25) is 0 Å². The predicted molar refractivity (Wildman–Crippen MR) is 82.6 cm³/mol. The van der Waals surface area contributed by atoms with Crippen LogP contribution in [-0.4, -0.2) is 17.7 Å². The van der Waals surface area contributed by atoms with E-state index in [0.29, 0.717) is 17.2 Å². The second kappa shape index (κ2) is 6.99. The fourth-order valence-electron chi connectivity index (χ4n) is 1.88. The van der Waals surface area contributed by atoms with Crippen molar-refractivity contribution in [1.29, 1.82) is 0 Å². The molecule has 2 rings (SSSR count). The Morgan fingerprint density at radius 1 is 1.19 bits per heavy atom. The van der Waals surface area contributed by atoms with Crippen LogP contribution in [0.3, 0.4) is 0 Å². The Morgan fingerprint density at radius 3 is 2.38 bits per heavy atom. The van der Waals surface area contributed by atoms with Crippen LogP contribution < -0.4 is 5.32 Å². The number of carbonyl (C=O) groups is 1. The first-order valence-corrected chi connectivity index (χ1v) is 6.95. The van der Waals surface area contributed by atoms with Crippen molar-refractivity contribution in [3.63, 3.8) is 0 Å². The van der Waals surface area contributed by atoms with Crippen LogP contribution >= 0.6 is 11.6 Å². The van der Waals surface area contributed by atoms with E-state index in [2.05, 4.69) is 5.32 Å². The van der Waals surface area contributed by atoms with E-state index in [-0.39, 0.29) is 11.7 Å². The highest BCUT2D eigenvalue weighted by atomic mass is 35.5. The molecule has 1 unspecified atom stereocenters. The molecule has 0 saturated heterocycles. The third kappa shape index (κ3) is 4.13. The zero-order chi connectivity index (χ0) is 15.2. The number of carbonyl (C=O) groups excluding carboxylic acids is 1. The molecule has 0 aliphatic rings. The molecular formula is C16H16ClNO3.